The second-order valence-corrected chi connectivity index (χ2v) is 4.76. The van der Waals surface area contributed by atoms with E-state index in [-0.39, 0.29) is 12.4 Å². The SMILES string of the molecule is Cl.NC1(c2noc(-c3ccc(Cl)o3)n2)CCCC1. The number of rotatable bonds is 2. The lowest BCUT2D eigenvalue weighted by Crippen LogP contribution is -2.34. The van der Waals surface area contributed by atoms with Crippen molar-refractivity contribution in [3.05, 3.63) is 23.2 Å². The van der Waals surface area contributed by atoms with Gasteiger partial charge in [0.2, 0.25) is 0 Å². The van der Waals surface area contributed by atoms with Gasteiger partial charge in [-0.05, 0) is 36.6 Å². The van der Waals surface area contributed by atoms with E-state index in [0.717, 1.165) is 25.7 Å². The Morgan fingerprint density at radius 2 is 2.00 bits per heavy atom. The van der Waals surface area contributed by atoms with E-state index in [2.05, 4.69) is 10.1 Å². The van der Waals surface area contributed by atoms with Crippen molar-refractivity contribution in [2.75, 3.05) is 0 Å². The molecule has 0 amide bonds. The summed E-state index contributed by atoms with van der Waals surface area (Å²) in [6, 6.07) is 3.33. The normalized spacial score (nSPS) is 17.7. The minimum Gasteiger partial charge on any atom is -0.440 e. The fourth-order valence-electron chi connectivity index (χ4n) is 2.18. The van der Waals surface area contributed by atoms with Gasteiger partial charge in [0.05, 0.1) is 5.54 Å². The summed E-state index contributed by atoms with van der Waals surface area (Å²) in [5.74, 6) is 1.34. The van der Waals surface area contributed by atoms with Gasteiger partial charge in [0, 0.05) is 0 Å². The van der Waals surface area contributed by atoms with Crippen LogP contribution in [0.15, 0.2) is 21.1 Å². The first-order valence-electron chi connectivity index (χ1n) is 5.56. The lowest BCUT2D eigenvalue weighted by Gasteiger charge is -2.17. The van der Waals surface area contributed by atoms with Gasteiger partial charge in [0.1, 0.15) is 0 Å². The van der Waals surface area contributed by atoms with Crippen LogP contribution in [0.3, 0.4) is 0 Å². The van der Waals surface area contributed by atoms with E-state index in [9.17, 15) is 0 Å². The van der Waals surface area contributed by atoms with E-state index < -0.39 is 5.54 Å². The Morgan fingerprint density at radius 1 is 1.28 bits per heavy atom. The standard InChI is InChI=1S/C11H12ClN3O2.ClH/c12-8-4-3-7(16-8)9-14-10(15-17-9)11(13)5-1-2-6-11;/h3-4H,1-2,5-6,13H2;1H. The Kier molecular flexibility index (Phi) is 3.66. The molecule has 1 aliphatic carbocycles. The van der Waals surface area contributed by atoms with Crippen molar-refractivity contribution in [3.8, 4) is 11.7 Å². The Bertz CT molecular complexity index is 532. The van der Waals surface area contributed by atoms with Gasteiger partial charge in [0.15, 0.2) is 16.8 Å². The van der Waals surface area contributed by atoms with Gasteiger partial charge in [0.25, 0.3) is 5.89 Å². The summed E-state index contributed by atoms with van der Waals surface area (Å²) in [6.07, 6.45) is 4.00. The van der Waals surface area contributed by atoms with Crippen molar-refractivity contribution >= 4 is 24.0 Å². The van der Waals surface area contributed by atoms with Gasteiger partial charge in [-0.3, -0.25) is 0 Å². The molecular formula is C11H13Cl2N3O2. The molecule has 2 heterocycles. The lowest BCUT2D eigenvalue weighted by molar-refractivity contribution is 0.368. The molecule has 0 saturated heterocycles. The van der Waals surface area contributed by atoms with Crippen LogP contribution in [-0.4, -0.2) is 10.1 Å². The van der Waals surface area contributed by atoms with Gasteiger partial charge in [-0.15, -0.1) is 12.4 Å². The average Bonchev–Trinajstić information content (AvgIpc) is 2.96. The van der Waals surface area contributed by atoms with Crippen molar-refractivity contribution in [1.82, 2.24) is 10.1 Å². The van der Waals surface area contributed by atoms with Gasteiger partial charge in [-0.25, -0.2) is 0 Å². The second kappa shape index (κ2) is 4.91. The van der Waals surface area contributed by atoms with E-state index in [0.29, 0.717) is 22.7 Å². The monoisotopic (exact) mass is 289 g/mol. The first-order valence-corrected chi connectivity index (χ1v) is 5.94. The van der Waals surface area contributed by atoms with Crippen LogP contribution in [0.2, 0.25) is 5.22 Å². The van der Waals surface area contributed by atoms with Crippen molar-refractivity contribution in [2.45, 2.75) is 31.2 Å². The van der Waals surface area contributed by atoms with Crippen molar-refractivity contribution in [1.29, 1.82) is 0 Å². The molecule has 0 aromatic carbocycles. The summed E-state index contributed by atoms with van der Waals surface area (Å²) < 4.78 is 10.4. The molecule has 0 aliphatic heterocycles. The molecule has 2 aromatic heterocycles. The van der Waals surface area contributed by atoms with Crippen LogP contribution in [0.5, 0.6) is 0 Å². The van der Waals surface area contributed by atoms with E-state index >= 15 is 0 Å². The van der Waals surface area contributed by atoms with Crippen LogP contribution in [0.1, 0.15) is 31.5 Å². The van der Waals surface area contributed by atoms with Crippen LogP contribution in [0, 0.1) is 0 Å². The minimum atomic E-state index is -0.446. The molecule has 0 radical (unpaired) electrons. The van der Waals surface area contributed by atoms with Gasteiger partial charge >= 0.3 is 0 Å². The third kappa shape index (κ3) is 2.25. The molecule has 5 nitrogen and oxygen atoms in total. The summed E-state index contributed by atoms with van der Waals surface area (Å²) in [6.45, 7) is 0. The number of nitrogens with two attached hydrogens (primary N) is 1. The number of hydrogen-bond acceptors (Lipinski definition) is 5. The maximum atomic E-state index is 6.24. The molecule has 18 heavy (non-hydrogen) atoms. The van der Waals surface area contributed by atoms with Crippen LogP contribution in [0.4, 0.5) is 0 Å². The molecular weight excluding hydrogens is 277 g/mol. The number of aromatic nitrogens is 2. The molecule has 7 heteroatoms. The molecule has 2 aromatic rings. The quantitative estimate of drug-likeness (QED) is 0.919. The molecule has 98 valence electrons. The number of nitrogens with zero attached hydrogens (tertiary/aromatic N) is 2. The Labute approximate surface area is 115 Å². The molecule has 2 N–H and O–H groups in total. The van der Waals surface area contributed by atoms with Crippen LogP contribution in [-0.2, 0) is 5.54 Å². The van der Waals surface area contributed by atoms with Gasteiger partial charge in [-0.2, -0.15) is 4.98 Å². The highest BCUT2D eigenvalue weighted by Gasteiger charge is 2.36. The van der Waals surface area contributed by atoms with E-state index in [1.54, 1.807) is 12.1 Å². The summed E-state index contributed by atoms with van der Waals surface area (Å²) in [5, 5.41) is 4.24. The Morgan fingerprint density at radius 3 is 2.61 bits per heavy atom. The van der Waals surface area contributed by atoms with Crippen LogP contribution in [0.25, 0.3) is 11.7 Å². The van der Waals surface area contributed by atoms with Crippen LogP contribution >= 0.6 is 24.0 Å². The highest BCUT2D eigenvalue weighted by Crippen LogP contribution is 2.35. The minimum absolute atomic E-state index is 0. The predicted octanol–water partition coefficient (Wildman–Crippen LogP) is 3.13. The van der Waals surface area contributed by atoms with E-state index in [1.165, 1.54) is 0 Å². The van der Waals surface area contributed by atoms with Crippen molar-refractivity contribution in [2.24, 2.45) is 5.73 Å². The zero-order chi connectivity index (χ0) is 11.9. The third-order valence-corrected chi connectivity index (χ3v) is 3.35. The molecule has 1 saturated carbocycles. The smallest absolute Gasteiger partial charge is 0.293 e. The molecule has 0 bridgehead atoms. The fourth-order valence-corrected chi connectivity index (χ4v) is 2.33. The zero-order valence-corrected chi connectivity index (χ0v) is 11.1. The molecule has 0 unspecified atom stereocenters. The fraction of sp³-hybridized carbons (Fsp3) is 0.455. The second-order valence-electron chi connectivity index (χ2n) is 4.39. The summed E-state index contributed by atoms with van der Waals surface area (Å²) in [5.41, 5.74) is 5.79. The zero-order valence-electron chi connectivity index (χ0n) is 9.56. The molecule has 0 atom stereocenters. The number of furan rings is 1. The third-order valence-electron chi connectivity index (χ3n) is 3.15. The summed E-state index contributed by atoms with van der Waals surface area (Å²) in [4.78, 5) is 4.29. The highest BCUT2D eigenvalue weighted by atomic mass is 35.5. The first-order chi connectivity index (χ1) is 8.17. The van der Waals surface area contributed by atoms with Crippen molar-refractivity contribution < 1.29 is 8.94 Å². The van der Waals surface area contributed by atoms with E-state index in [1.807, 2.05) is 0 Å². The van der Waals surface area contributed by atoms with Crippen molar-refractivity contribution in [3.63, 3.8) is 0 Å². The Balaban J connectivity index is 0.00000120. The molecule has 3 rings (SSSR count). The Hall–Kier alpha value is -1.04. The number of hydrogen-bond donors (Lipinski definition) is 1. The predicted molar refractivity (Wildman–Crippen MR) is 68.6 cm³/mol. The largest absolute Gasteiger partial charge is 0.440 e. The maximum Gasteiger partial charge on any atom is 0.293 e. The topological polar surface area (TPSA) is 78.1 Å². The maximum absolute atomic E-state index is 6.24. The molecule has 0 spiro atoms. The first kappa shape index (κ1) is 13.4. The molecule has 1 fully saturated rings. The van der Waals surface area contributed by atoms with Gasteiger partial charge in [-0.1, -0.05) is 18.0 Å². The summed E-state index contributed by atoms with van der Waals surface area (Å²) >= 11 is 5.69. The lowest BCUT2D eigenvalue weighted by atomic mass is 9.99. The number of halogens is 2. The summed E-state index contributed by atoms with van der Waals surface area (Å²) in [7, 11) is 0. The highest BCUT2D eigenvalue weighted by molar-refractivity contribution is 6.28. The van der Waals surface area contributed by atoms with Crippen LogP contribution < -0.4 is 5.73 Å². The van der Waals surface area contributed by atoms with Gasteiger partial charge < -0.3 is 14.7 Å². The molecule has 1 aliphatic rings. The van der Waals surface area contributed by atoms with E-state index in [4.69, 9.17) is 26.3 Å². The average molecular weight is 290 g/mol.